The van der Waals surface area contributed by atoms with Gasteiger partial charge in [-0.2, -0.15) is 0 Å². The summed E-state index contributed by atoms with van der Waals surface area (Å²) in [5.41, 5.74) is 9.84. The number of fused-ring (bicyclic) bond motifs is 6. The largest absolute Gasteiger partial charge is 0.0622 e. The van der Waals surface area contributed by atoms with Gasteiger partial charge >= 0.3 is 0 Å². The minimum atomic E-state index is 1.22. The maximum atomic E-state index is 2.40. The van der Waals surface area contributed by atoms with E-state index in [9.17, 15) is 0 Å². The molecule has 0 N–H and O–H groups in total. The molecule has 0 aliphatic carbocycles. The van der Waals surface area contributed by atoms with Crippen LogP contribution in [0, 0.1) is 0 Å². The van der Waals surface area contributed by atoms with Gasteiger partial charge in [-0.3, -0.25) is 0 Å². The standard InChI is InChI=1S/C42H28/c1-3-12-29(13-4-1)31-22-24-32(25-23-31)40-27-35(34-17-11-16-33(26-34)30-14-5-2-6-15-30)28-41-38-20-8-7-18-36(38)37-19-9-10-21-39(37)42(40)41/h1-28H. The average Bonchev–Trinajstić information content (AvgIpc) is 3.09. The molecule has 8 aromatic rings. The quantitative estimate of drug-likeness (QED) is 0.198. The lowest BCUT2D eigenvalue weighted by Crippen LogP contribution is -1.90. The van der Waals surface area contributed by atoms with Crippen LogP contribution in [0.2, 0.25) is 0 Å². The normalized spacial score (nSPS) is 11.3. The second-order valence-corrected chi connectivity index (χ2v) is 10.9. The van der Waals surface area contributed by atoms with Crippen molar-refractivity contribution < 1.29 is 0 Å². The molecule has 42 heavy (non-hydrogen) atoms. The van der Waals surface area contributed by atoms with Gasteiger partial charge in [0.05, 0.1) is 0 Å². The molecule has 0 radical (unpaired) electrons. The van der Waals surface area contributed by atoms with Gasteiger partial charge in [-0.25, -0.2) is 0 Å². The molecule has 0 unspecified atom stereocenters. The molecule has 0 aliphatic heterocycles. The zero-order chi connectivity index (χ0) is 27.9. The minimum absolute atomic E-state index is 1.22. The van der Waals surface area contributed by atoms with Crippen molar-refractivity contribution in [2.24, 2.45) is 0 Å². The third-order valence-corrected chi connectivity index (χ3v) is 8.45. The maximum absolute atomic E-state index is 2.40. The van der Waals surface area contributed by atoms with Crippen LogP contribution in [0.15, 0.2) is 170 Å². The number of hydrogen-bond donors (Lipinski definition) is 0. The molecule has 0 spiro atoms. The second-order valence-electron chi connectivity index (χ2n) is 10.9. The summed E-state index contributed by atoms with van der Waals surface area (Å²) in [6.45, 7) is 0. The molecule has 8 rings (SSSR count). The topological polar surface area (TPSA) is 0 Å². The van der Waals surface area contributed by atoms with Crippen LogP contribution in [0.3, 0.4) is 0 Å². The Morgan fingerprint density at radius 3 is 1.29 bits per heavy atom. The van der Waals surface area contributed by atoms with Crippen molar-refractivity contribution in [3.05, 3.63) is 170 Å². The molecule has 0 aromatic heterocycles. The predicted octanol–water partition coefficient (Wildman–Crippen LogP) is 11.8. The van der Waals surface area contributed by atoms with Gasteiger partial charge in [0.2, 0.25) is 0 Å². The Morgan fingerprint density at radius 1 is 0.214 bits per heavy atom. The molecular weight excluding hydrogens is 504 g/mol. The summed E-state index contributed by atoms with van der Waals surface area (Å²) in [6.07, 6.45) is 0. The van der Waals surface area contributed by atoms with Gasteiger partial charge in [-0.1, -0.05) is 152 Å². The summed E-state index contributed by atoms with van der Waals surface area (Å²) in [6, 6.07) is 61.7. The molecule has 0 heterocycles. The van der Waals surface area contributed by atoms with Gasteiger partial charge < -0.3 is 0 Å². The van der Waals surface area contributed by atoms with Crippen LogP contribution in [0.5, 0.6) is 0 Å². The Kier molecular flexibility index (Phi) is 5.90. The van der Waals surface area contributed by atoms with Crippen molar-refractivity contribution in [3.63, 3.8) is 0 Å². The highest BCUT2D eigenvalue weighted by molar-refractivity contribution is 6.29. The van der Waals surface area contributed by atoms with E-state index < -0.39 is 0 Å². The van der Waals surface area contributed by atoms with Gasteiger partial charge in [0.15, 0.2) is 0 Å². The van der Waals surface area contributed by atoms with E-state index in [0.717, 1.165) is 0 Å². The lowest BCUT2D eigenvalue weighted by atomic mass is 9.86. The average molecular weight is 533 g/mol. The van der Waals surface area contributed by atoms with Gasteiger partial charge in [-0.15, -0.1) is 0 Å². The lowest BCUT2D eigenvalue weighted by Gasteiger charge is -2.17. The van der Waals surface area contributed by atoms with Gasteiger partial charge in [-0.05, 0) is 95.0 Å². The fourth-order valence-electron chi connectivity index (χ4n) is 6.41. The zero-order valence-corrected chi connectivity index (χ0v) is 23.2. The van der Waals surface area contributed by atoms with Crippen molar-refractivity contribution in [1.29, 1.82) is 0 Å². The molecule has 0 nitrogen and oxygen atoms in total. The first-order valence-corrected chi connectivity index (χ1v) is 14.5. The fraction of sp³-hybridized carbons (Fsp3) is 0. The Balaban J connectivity index is 1.42. The Bertz CT molecular complexity index is 2210. The predicted molar refractivity (Wildman–Crippen MR) is 181 cm³/mol. The third-order valence-electron chi connectivity index (χ3n) is 8.45. The third kappa shape index (κ3) is 4.17. The first-order valence-electron chi connectivity index (χ1n) is 14.5. The number of benzene rings is 8. The first-order chi connectivity index (χ1) is 20.8. The Morgan fingerprint density at radius 2 is 0.643 bits per heavy atom. The van der Waals surface area contributed by atoms with Crippen LogP contribution in [-0.4, -0.2) is 0 Å². The van der Waals surface area contributed by atoms with Crippen LogP contribution in [0.4, 0.5) is 0 Å². The van der Waals surface area contributed by atoms with E-state index in [-0.39, 0.29) is 0 Å². The molecule has 0 atom stereocenters. The molecule has 196 valence electrons. The summed E-state index contributed by atoms with van der Waals surface area (Å²) in [5.74, 6) is 0. The van der Waals surface area contributed by atoms with Crippen molar-refractivity contribution in [2.45, 2.75) is 0 Å². The molecule has 0 bridgehead atoms. The first kappa shape index (κ1) is 24.3. The molecule has 0 amide bonds. The molecule has 0 aliphatic rings. The second kappa shape index (κ2) is 10.2. The molecule has 0 saturated heterocycles. The molecule has 0 heteroatoms. The van der Waals surface area contributed by atoms with Crippen molar-refractivity contribution in [2.75, 3.05) is 0 Å². The van der Waals surface area contributed by atoms with Gasteiger partial charge in [0.25, 0.3) is 0 Å². The van der Waals surface area contributed by atoms with E-state index in [4.69, 9.17) is 0 Å². The minimum Gasteiger partial charge on any atom is -0.0622 e. The lowest BCUT2D eigenvalue weighted by molar-refractivity contribution is 1.59. The Labute approximate surface area is 246 Å². The SMILES string of the molecule is c1ccc(-c2ccc(-c3cc(-c4cccc(-c5ccccc5)c4)cc4c5ccccc5c5ccccc5c34)cc2)cc1. The van der Waals surface area contributed by atoms with Crippen LogP contribution in [-0.2, 0) is 0 Å². The fourth-order valence-corrected chi connectivity index (χ4v) is 6.41. The van der Waals surface area contributed by atoms with Crippen LogP contribution in [0.1, 0.15) is 0 Å². The monoisotopic (exact) mass is 532 g/mol. The van der Waals surface area contributed by atoms with Crippen molar-refractivity contribution in [3.8, 4) is 44.5 Å². The molecule has 0 saturated carbocycles. The van der Waals surface area contributed by atoms with E-state index in [2.05, 4.69) is 170 Å². The van der Waals surface area contributed by atoms with Crippen LogP contribution >= 0.6 is 0 Å². The van der Waals surface area contributed by atoms with E-state index in [0.29, 0.717) is 0 Å². The summed E-state index contributed by atoms with van der Waals surface area (Å²) >= 11 is 0. The summed E-state index contributed by atoms with van der Waals surface area (Å²) in [5, 5.41) is 7.75. The number of rotatable bonds is 4. The summed E-state index contributed by atoms with van der Waals surface area (Å²) in [4.78, 5) is 0. The van der Waals surface area contributed by atoms with E-state index in [1.54, 1.807) is 0 Å². The maximum Gasteiger partial charge on any atom is -0.00199 e. The Hall–Kier alpha value is -5.46. The highest BCUT2D eigenvalue weighted by Gasteiger charge is 2.15. The molecule has 8 aromatic carbocycles. The van der Waals surface area contributed by atoms with E-state index in [1.807, 2.05) is 0 Å². The van der Waals surface area contributed by atoms with Gasteiger partial charge in [0, 0.05) is 0 Å². The summed E-state index contributed by atoms with van der Waals surface area (Å²) < 4.78 is 0. The highest BCUT2D eigenvalue weighted by Crippen LogP contribution is 2.43. The highest BCUT2D eigenvalue weighted by atomic mass is 14.2. The van der Waals surface area contributed by atoms with Crippen molar-refractivity contribution >= 4 is 32.3 Å². The van der Waals surface area contributed by atoms with Gasteiger partial charge in [0.1, 0.15) is 0 Å². The van der Waals surface area contributed by atoms with E-state index in [1.165, 1.54) is 76.8 Å². The molecular formula is C42H28. The zero-order valence-electron chi connectivity index (χ0n) is 23.2. The van der Waals surface area contributed by atoms with Crippen LogP contribution < -0.4 is 0 Å². The van der Waals surface area contributed by atoms with Crippen molar-refractivity contribution in [1.82, 2.24) is 0 Å². The smallest absolute Gasteiger partial charge is 0.00199 e. The van der Waals surface area contributed by atoms with Crippen LogP contribution in [0.25, 0.3) is 76.8 Å². The number of hydrogen-bond acceptors (Lipinski definition) is 0. The summed E-state index contributed by atoms with van der Waals surface area (Å²) in [7, 11) is 0. The van der Waals surface area contributed by atoms with E-state index >= 15 is 0 Å². The molecule has 0 fully saturated rings.